The van der Waals surface area contributed by atoms with Gasteiger partial charge in [-0.05, 0) is 42.8 Å². The molecule has 0 saturated heterocycles. The number of nitrogens with one attached hydrogen (secondary N) is 1. The van der Waals surface area contributed by atoms with Gasteiger partial charge in [0.05, 0.1) is 24.5 Å². The number of ether oxygens (including phenoxy) is 1. The van der Waals surface area contributed by atoms with Gasteiger partial charge in [-0.1, -0.05) is 18.2 Å². The predicted molar refractivity (Wildman–Crippen MR) is 95.1 cm³/mol. The maximum atomic E-state index is 12.6. The number of amides is 1. The second-order valence-electron chi connectivity index (χ2n) is 6.21. The van der Waals surface area contributed by atoms with Crippen molar-refractivity contribution >= 4 is 5.91 Å². The molecule has 0 aliphatic carbocycles. The highest BCUT2D eigenvalue weighted by molar-refractivity contribution is 5.94. The van der Waals surface area contributed by atoms with E-state index in [0.29, 0.717) is 12.2 Å². The molecule has 2 heterocycles. The van der Waals surface area contributed by atoms with Gasteiger partial charge in [0, 0.05) is 23.7 Å². The second kappa shape index (κ2) is 6.43. The third-order valence-corrected chi connectivity index (χ3v) is 4.37. The minimum Gasteiger partial charge on any atom is -0.493 e. The minimum atomic E-state index is -0.0788. The smallest absolute Gasteiger partial charge is 0.251 e. The number of rotatable bonds is 3. The van der Waals surface area contributed by atoms with Crippen molar-refractivity contribution in [2.75, 3.05) is 6.61 Å². The molecule has 0 radical (unpaired) electrons. The van der Waals surface area contributed by atoms with Crippen LogP contribution in [0.25, 0.3) is 5.69 Å². The van der Waals surface area contributed by atoms with Gasteiger partial charge < -0.3 is 10.1 Å². The van der Waals surface area contributed by atoms with Gasteiger partial charge in [0.25, 0.3) is 5.91 Å². The molecular formula is C20H19N3O2. The summed E-state index contributed by atoms with van der Waals surface area (Å²) in [5, 5.41) is 7.39. The average molecular weight is 333 g/mol. The number of nitrogens with zero attached hydrogens (tertiary/aromatic N) is 2. The standard InChI is InChI=1S/C20H19N3O2/c1-14-12-21-23(13-14)16-8-6-15(7-9-16)20(24)22-18-10-11-25-19-5-3-2-4-17(18)19/h2-9,12-13,18H,10-11H2,1H3,(H,22,24)/t18-/m0/s1. The first-order valence-corrected chi connectivity index (χ1v) is 8.35. The second-order valence-corrected chi connectivity index (χ2v) is 6.21. The van der Waals surface area contributed by atoms with Crippen LogP contribution in [0.1, 0.15) is 33.9 Å². The van der Waals surface area contributed by atoms with E-state index in [2.05, 4.69) is 10.4 Å². The Morgan fingerprint density at radius 1 is 1.20 bits per heavy atom. The third kappa shape index (κ3) is 3.13. The van der Waals surface area contributed by atoms with Gasteiger partial charge in [0.1, 0.15) is 5.75 Å². The molecule has 1 amide bonds. The zero-order valence-electron chi connectivity index (χ0n) is 14.0. The number of carbonyl (C=O) groups is 1. The number of aromatic nitrogens is 2. The van der Waals surface area contributed by atoms with Crippen molar-refractivity contribution in [2.24, 2.45) is 0 Å². The average Bonchev–Trinajstić information content (AvgIpc) is 3.08. The van der Waals surface area contributed by atoms with Crippen LogP contribution in [-0.4, -0.2) is 22.3 Å². The van der Waals surface area contributed by atoms with E-state index in [4.69, 9.17) is 4.74 Å². The Morgan fingerprint density at radius 3 is 2.76 bits per heavy atom. The Balaban J connectivity index is 1.50. The monoisotopic (exact) mass is 333 g/mol. The lowest BCUT2D eigenvalue weighted by Crippen LogP contribution is -2.32. The van der Waals surface area contributed by atoms with Crippen LogP contribution in [-0.2, 0) is 0 Å². The number of aryl methyl sites for hydroxylation is 1. The largest absolute Gasteiger partial charge is 0.493 e. The number of para-hydroxylation sites is 1. The molecule has 5 heteroatoms. The van der Waals surface area contributed by atoms with Crippen molar-refractivity contribution in [2.45, 2.75) is 19.4 Å². The first-order valence-electron chi connectivity index (χ1n) is 8.35. The molecule has 1 N–H and O–H groups in total. The first kappa shape index (κ1) is 15.4. The highest BCUT2D eigenvalue weighted by Crippen LogP contribution is 2.31. The van der Waals surface area contributed by atoms with E-state index in [1.807, 2.05) is 67.8 Å². The zero-order valence-corrected chi connectivity index (χ0v) is 14.0. The lowest BCUT2D eigenvalue weighted by atomic mass is 10.00. The molecule has 1 atom stereocenters. The molecule has 126 valence electrons. The van der Waals surface area contributed by atoms with E-state index >= 15 is 0 Å². The summed E-state index contributed by atoms with van der Waals surface area (Å²) in [6.07, 6.45) is 4.53. The summed E-state index contributed by atoms with van der Waals surface area (Å²) in [6, 6.07) is 15.3. The summed E-state index contributed by atoms with van der Waals surface area (Å²) < 4.78 is 7.44. The normalized spacial score (nSPS) is 16.0. The van der Waals surface area contributed by atoms with Crippen molar-refractivity contribution in [1.82, 2.24) is 15.1 Å². The van der Waals surface area contributed by atoms with Crippen LogP contribution in [0, 0.1) is 6.92 Å². The minimum absolute atomic E-state index is 0.0223. The van der Waals surface area contributed by atoms with Crippen molar-refractivity contribution in [1.29, 1.82) is 0 Å². The van der Waals surface area contributed by atoms with E-state index in [9.17, 15) is 4.79 Å². The SMILES string of the molecule is Cc1cnn(-c2ccc(C(=O)N[C@H]3CCOc4ccccc43)cc2)c1. The van der Waals surface area contributed by atoms with Crippen LogP contribution in [0.3, 0.4) is 0 Å². The van der Waals surface area contributed by atoms with Crippen LogP contribution < -0.4 is 10.1 Å². The van der Waals surface area contributed by atoms with Gasteiger partial charge >= 0.3 is 0 Å². The van der Waals surface area contributed by atoms with Crippen molar-refractivity contribution in [3.8, 4) is 11.4 Å². The van der Waals surface area contributed by atoms with Crippen LogP contribution in [0.2, 0.25) is 0 Å². The van der Waals surface area contributed by atoms with Crippen LogP contribution in [0.5, 0.6) is 5.75 Å². The third-order valence-electron chi connectivity index (χ3n) is 4.37. The van der Waals surface area contributed by atoms with E-state index < -0.39 is 0 Å². The van der Waals surface area contributed by atoms with E-state index in [0.717, 1.165) is 29.0 Å². The van der Waals surface area contributed by atoms with E-state index in [1.54, 1.807) is 4.68 Å². The summed E-state index contributed by atoms with van der Waals surface area (Å²) in [5.41, 5.74) is 3.70. The number of benzene rings is 2. The fraction of sp³-hybridized carbons (Fsp3) is 0.200. The van der Waals surface area contributed by atoms with Gasteiger partial charge in [-0.3, -0.25) is 4.79 Å². The number of hydrogen-bond donors (Lipinski definition) is 1. The Morgan fingerprint density at radius 2 is 2.00 bits per heavy atom. The molecule has 4 rings (SSSR count). The maximum absolute atomic E-state index is 12.6. The Kier molecular flexibility index (Phi) is 3.98. The molecule has 0 spiro atoms. The quantitative estimate of drug-likeness (QED) is 0.799. The van der Waals surface area contributed by atoms with Gasteiger partial charge in [0.15, 0.2) is 0 Å². The maximum Gasteiger partial charge on any atom is 0.251 e. The molecule has 0 bridgehead atoms. The summed E-state index contributed by atoms with van der Waals surface area (Å²) in [6.45, 7) is 2.61. The highest BCUT2D eigenvalue weighted by atomic mass is 16.5. The van der Waals surface area contributed by atoms with Crippen molar-refractivity contribution in [3.63, 3.8) is 0 Å². The van der Waals surface area contributed by atoms with Crippen LogP contribution >= 0.6 is 0 Å². The number of carbonyl (C=O) groups excluding carboxylic acids is 1. The number of fused-ring (bicyclic) bond motifs is 1. The predicted octanol–water partition coefficient (Wildman–Crippen LogP) is 3.43. The highest BCUT2D eigenvalue weighted by Gasteiger charge is 2.23. The Bertz CT molecular complexity index is 899. The lowest BCUT2D eigenvalue weighted by Gasteiger charge is -2.26. The van der Waals surface area contributed by atoms with Crippen molar-refractivity contribution < 1.29 is 9.53 Å². The van der Waals surface area contributed by atoms with Crippen LogP contribution in [0.4, 0.5) is 0 Å². The summed E-state index contributed by atoms with van der Waals surface area (Å²) in [7, 11) is 0. The van der Waals surface area contributed by atoms with E-state index in [1.165, 1.54) is 0 Å². The molecular weight excluding hydrogens is 314 g/mol. The molecule has 25 heavy (non-hydrogen) atoms. The fourth-order valence-corrected chi connectivity index (χ4v) is 3.05. The lowest BCUT2D eigenvalue weighted by molar-refractivity contribution is 0.0925. The van der Waals surface area contributed by atoms with Gasteiger partial charge in [-0.15, -0.1) is 0 Å². The molecule has 0 fully saturated rings. The van der Waals surface area contributed by atoms with Gasteiger partial charge in [0.2, 0.25) is 0 Å². The topological polar surface area (TPSA) is 56.2 Å². The molecule has 1 aromatic heterocycles. The molecule has 3 aromatic rings. The molecule has 5 nitrogen and oxygen atoms in total. The summed E-state index contributed by atoms with van der Waals surface area (Å²) in [4.78, 5) is 12.6. The molecule has 1 aliphatic heterocycles. The fourth-order valence-electron chi connectivity index (χ4n) is 3.05. The first-order chi connectivity index (χ1) is 12.2. The molecule has 0 saturated carbocycles. The van der Waals surface area contributed by atoms with Crippen molar-refractivity contribution in [3.05, 3.63) is 77.6 Å². The molecule has 2 aromatic carbocycles. The van der Waals surface area contributed by atoms with Gasteiger partial charge in [-0.2, -0.15) is 5.10 Å². The summed E-state index contributed by atoms with van der Waals surface area (Å²) >= 11 is 0. The van der Waals surface area contributed by atoms with Crippen LogP contribution in [0.15, 0.2) is 60.9 Å². The molecule has 1 aliphatic rings. The Labute approximate surface area is 146 Å². The molecule has 0 unspecified atom stereocenters. The number of hydrogen-bond acceptors (Lipinski definition) is 3. The zero-order chi connectivity index (χ0) is 17.2. The van der Waals surface area contributed by atoms with Gasteiger partial charge in [-0.25, -0.2) is 4.68 Å². The summed E-state index contributed by atoms with van der Waals surface area (Å²) in [5.74, 6) is 0.772. The Hall–Kier alpha value is -3.08. The van der Waals surface area contributed by atoms with E-state index in [-0.39, 0.29) is 11.9 Å².